The average Bonchev–Trinajstić information content (AvgIpc) is 3.07. The Hall–Kier alpha value is -2.12. The molecule has 1 fully saturated rings. The fourth-order valence-electron chi connectivity index (χ4n) is 3.00. The van der Waals surface area contributed by atoms with Crippen molar-refractivity contribution in [2.24, 2.45) is 11.1 Å². The topological polar surface area (TPSA) is 86.5 Å². The molecule has 1 heterocycles. The van der Waals surface area contributed by atoms with Gasteiger partial charge in [0.05, 0.1) is 11.5 Å². The van der Waals surface area contributed by atoms with Gasteiger partial charge in [0, 0.05) is 29.3 Å². The van der Waals surface area contributed by atoms with E-state index in [0.717, 1.165) is 34.0 Å². The fraction of sp³-hybridized carbons (Fsp3) is 0.524. The van der Waals surface area contributed by atoms with Crippen molar-refractivity contribution in [3.8, 4) is 16.3 Å². The number of nitrogens with one attached hydrogen (secondary N) is 1. The van der Waals surface area contributed by atoms with Crippen molar-refractivity contribution in [3.05, 3.63) is 35.3 Å². The lowest BCUT2D eigenvalue weighted by Gasteiger charge is -2.40. The summed E-state index contributed by atoms with van der Waals surface area (Å²) in [5.41, 5.74) is 6.75. The molecule has 28 heavy (non-hydrogen) atoms. The number of thiazole rings is 1. The van der Waals surface area contributed by atoms with Gasteiger partial charge in [-0.2, -0.15) is 0 Å². The molecule has 1 saturated carbocycles. The van der Waals surface area contributed by atoms with Crippen molar-refractivity contribution < 1.29 is 14.3 Å². The van der Waals surface area contributed by atoms with Crippen LogP contribution in [0.5, 0.6) is 5.75 Å². The average molecular weight is 404 g/mol. The Morgan fingerprint density at radius 1 is 1.29 bits per heavy atom. The minimum atomic E-state index is -0.425. The SMILES string of the molecule is CC(C)(C)NC(=O)OCc1cnc(-c2ccc(OCC3(CN)CCC3)cc2)s1. The molecule has 0 radical (unpaired) electrons. The normalized spacial score (nSPS) is 15.6. The van der Waals surface area contributed by atoms with Crippen LogP contribution in [0.1, 0.15) is 44.9 Å². The van der Waals surface area contributed by atoms with Gasteiger partial charge in [0.2, 0.25) is 0 Å². The molecule has 7 heteroatoms. The van der Waals surface area contributed by atoms with Crippen LogP contribution in [0.25, 0.3) is 10.6 Å². The van der Waals surface area contributed by atoms with E-state index in [1.807, 2.05) is 45.0 Å². The first kappa shape index (κ1) is 20.6. The van der Waals surface area contributed by atoms with Gasteiger partial charge in [0.1, 0.15) is 17.4 Å². The van der Waals surface area contributed by atoms with Crippen LogP contribution >= 0.6 is 11.3 Å². The van der Waals surface area contributed by atoms with E-state index < -0.39 is 6.09 Å². The summed E-state index contributed by atoms with van der Waals surface area (Å²) in [6.07, 6.45) is 4.87. The molecular formula is C21H29N3O3S. The molecule has 1 aliphatic carbocycles. The number of nitrogens with zero attached hydrogens (tertiary/aromatic N) is 1. The van der Waals surface area contributed by atoms with Crippen molar-refractivity contribution in [1.82, 2.24) is 10.3 Å². The van der Waals surface area contributed by atoms with Crippen molar-refractivity contribution in [2.45, 2.75) is 52.2 Å². The van der Waals surface area contributed by atoms with Crippen LogP contribution in [0.15, 0.2) is 30.5 Å². The highest BCUT2D eigenvalue weighted by molar-refractivity contribution is 7.15. The molecule has 0 aliphatic heterocycles. The Morgan fingerprint density at radius 2 is 2.00 bits per heavy atom. The summed E-state index contributed by atoms with van der Waals surface area (Å²) in [5, 5.41) is 3.66. The molecule has 0 spiro atoms. The zero-order chi connectivity index (χ0) is 20.2. The fourth-order valence-corrected chi connectivity index (χ4v) is 3.83. The van der Waals surface area contributed by atoms with E-state index in [9.17, 15) is 4.79 Å². The maximum atomic E-state index is 11.8. The zero-order valence-electron chi connectivity index (χ0n) is 16.8. The molecule has 3 rings (SSSR count). The summed E-state index contributed by atoms with van der Waals surface area (Å²) in [5.74, 6) is 0.849. The van der Waals surface area contributed by atoms with E-state index in [0.29, 0.717) is 13.2 Å². The molecule has 0 saturated heterocycles. The highest BCUT2D eigenvalue weighted by atomic mass is 32.1. The van der Waals surface area contributed by atoms with Crippen LogP contribution in [-0.4, -0.2) is 29.8 Å². The highest BCUT2D eigenvalue weighted by Crippen LogP contribution is 2.40. The van der Waals surface area contributed by atoms with Crippen molar-refractivity contribution in [3.63, 3.8) is 0 Å². The zero-order valence-corrected chi connectivity index (χ0v) is 17.6. The summed E-state index contributed by atoms with van der Waals surface area (Å²) in [6.45, 7) is 7.31. The number of carbonyl (C=O) groups is 1. The van der Waals surface area contributed by atoms with E-state index in [1.165, 1.54) is 17.8 Å². The predicted molar refractivity (Wildman–Crippen MR) is 111 cm³/mol. The molecule has 3 N–H and O–H groups in total. The Bertz CT molecular complexity index is 786. The minimum absolute atomic E-state index is 0.169. The number of amides is 1. The molecule has 0 atom stereocenters. The minimum Gasteiger partial charge on any atom is -0.493 e. The molecule has 152 valence electrons. The van der Waals surface area contributed by atoms with Crippen LogP contribution in [-0.2, 0) is 11.3 Å². The van der Waals surface area contributed by atoms with Gasteiger partial charge >= 0.3 is 6.09 Å². The van der Waals surface area contributed by atoms with Crippen LogP contribution in [0, 0.1) is 5.41 Å². The lowest BCUT2D eigenvalue weighted by molar-refractivity contribution is 0.0668. The maximum Gasteiger partial charge on any atom is 0.407 e. The molecule has 0 unspecified atom stereocenters. The van der Waals surface area contributed by atoms with Crippen LogP contribution in [0.3, 0.4) is 0 Å². The van der Waals surface area contributed by atoms with Crippen molar-refractivity contribution >= 4 is 17.4 Å². The van der Waals surface area contributed by atoms with Gasteiger partial charge in [-0.1, -0.05) is 6.42 Å². The summed E-state index contributed by atoms with van der Waals surface area (Å²) >= 11 is 1.51. The maximum absolute atomic E-state index is 11.8. The van der Waals surface area contributed by atoms with Gasteiger partial charge in [0.25, 0.3) is 0 Å². The molecular weight excluding hydrogens is 374 g/mol. The van der Waals surface area contributed by atoms with E-state index in [1.54, 1.807) is 6.20 Å². The van der Waals surface area contributed by atoms with Gasteiger partial charge in [-0.3, -0.25) is 0 Å². The molecule has 1 amide bonds. The molecule has 2 aromatic rings. The monoisotopic (exact) mass is 403 g/mol. The van der Waals surface area contributed by atoms with E-state index in [-0.39, 0.29) is 17.6 Å². The van der Waals surface area contributed by atoms with Gasteiger partial charge in [-0.15, -0.1) is 11.3 Å². The molecule has 0 bridgehead atoms. The number of hydrogen-bond acceptors (Lipinski definition) is 6. The lowest BCUT2D eigenvalue weighted by Crippen LogP contribution is -2.42. The molecule has 1 aliphatic rings. The third kappa shape index (κ3) is 5.45. The van der Waals surface area contributed by atoms with Crippen LogP contribution in [0.4, 0.5) is 4.79 Å². The van der Waals surface area contributed by atoms with Gasteiger partial charge in [-0.05, 0) is 57.9 Å². The second kappa shape index (κ2) is 8.49. The number of benzene rings is 1. The molecule has 6 nitrogen and oxygen atoms in total. The van der Waals surface area contributed by atoms with Crippen LogP contribution in [0.2, 0.25) is 0 Å². The van der Waals surface area contributed by atoms with Gasteiger partial charge in [0.15, 0.2) is 0 Å². The summed E-state index contributed by atoms with van der Waals surface area (Å²) < 4.78 is 11.2. The van der Waals surface area contributed by atoms with Crippen molar-refractivity contribution in [2.75, 3.05) is 13.2 Å². The largest absolute Gasteiger partial charge is 0.493 e. The van der Waals surface area contributed by atoms with Gasteiger partial charge in [-0.25, -0.2) is 9.78 Å². The number of hydrogen-bond donors (Lipinski definition) is 2. The number of carbonyl (C=O) groups excluding carboxylic acids is 1. The highest BCUT2D eigenvalue weighted by Gasteiger charge is 2.36. The number of nitrogens with two attached hydrogens (primary N) is 1. The summed E-state index contributed by atoms with van der Waals surface area (Å²) in [4.78, 5) is 17.1. The van der Waals surface area contributed by atoms with E-state index >= 15 is 0 Å². The second-order valence-corrected chi connectivity index (χ2v) is 9.57. The van der Waals surface area contributed by atoms with E-state index in [2.05, 4.69) is 10.3 Å². The number of aromatic nitrogens is 1. The third-order valence-electron chi connectivity index (χ3n) is 4.87. The molecule has 1 aromatic carbocycles. The summed E-state index contributed by atoms with van der Waals surface area (Å²) in [6, 6.07) is 7.93. The first-order chi connectivity index (χ1) is 13.3. The Kier molecular flexibility index (Phi) is 6.25. The predicted octanol–water partition coefficient (Wildman–Crippen LogP) is 4.34. The third-order valence-corrected chi connectivity index (χ3v) is 5.89. The number of alkyl carbamates (subject to hydrolysis) is 1. The van der Waals surface area contributed by atoms with Crippen LogP contribution < -0.4 is 15.8 Å². The standard InChI is InChI=1S/C21H29N3O3S/c1-20(2,3)24-19(25)26-12-17-11-23-18(28-17)15-5-7-16(8-6-15)27-14-21(13-22)9-4-10-21/h5-8,11H,4,9-10,12-14,22H2,1-3H3,(H,24,25). The van der Waals surface area contributed by atoms with Gasteiger partial charge < -0.3 is 20.5 Å². The lowest BCUT2D eigenvalue weighted by atomic mass is 9.69. The number of ether oxygens (including phenoxy) is 2. The smallest absolute Gasteiger partial charge is 0.407 e. The molecule has 1 aromatic heterocycles. The van der Waals surface area contributed by atoms with Crippen molar-refractivity contribution in [1.29, 1.82) is 0 Å². The Balaban J connectivity index is 1.52. The van der Waals surface area contributed by atoms with E-state index in [4.69, 9.17) is 15.2 Å². The Morgan fingerprint density at radius 3 is 2.57 bits per heavy atom. The number of rotatable bonds is 7. The second-order valence-electron chi connectivity index (χ2n) is 8.45. The Labute approximate surface area is 170 Å². The summed E-state index contributed by atoms with van der Waals surface area (Å²) in [7, 11) is 0. The first-order valence-electron chi connectivity index (χ1n) is 9.62. The quantitative estimate of drug-likeness (QED) is 0.718. The first-order valence-corrected chi connectivity index (χ1v) is 10.4.